The molecule has 1 aliphatic heterocycles. The fourth-order valence-electron chi connectivity index (χ4n) is 3.64. The first-order valence-electron chi connectivity index (χ1n) is 10.6. The molecule has 2 aromatic rings. The van der Waals surface area contributed by atoms with Crippen LogP contribution in [0, 0.1) is 0 Å². The summed E-state index contributed by atoms with van der Waals surface area (Å²) in [5, 5.41) is 0.602. The lowest BCUT2D eigenvalue weighted by atomic mass is 10.2. The Morgan fingerprint density at radius 3 is 2.53 bits per heavy atom. The highest BCUT2D eigenvalue weighted by Crippen LogP contribution is 2.22. The zero-order valence-electron chi connectivity index (χ0n) is 18.5. The van der Waals surface area contributed by atoms with Crippen LogP contribution < -0.4 is 4.74 Å². The van der Waals surface area contributed by atoms with E-state index in [-0.39, 0.29) is 36.1 Å². The van der Waals surface area contributed by atoms with Gasteiger partial charge in [-0.05, 0) is 56.7 Å². The van der Waals surface area contributed by atoms with Crippen LogP contribution in [0.2, 0.25) is 5.02 Å². The number of hydrogen-bond acceptors (Lipinski definition) is 5. The van der Waals surface area contributed by atoms with E-state index >= 15 is 0 Å². The van der Waals surface area contributed by atoms with E-state index in [0.717, 1.165) is 0 Å². The van der Waals surface area contributed by atoms with Crippen LogP contribution in [-0.4, -0.2) is 69.0 Å². The lowest BCUT2D eigenvalue weighted by Crippen LogP contribution is -2.48. The first-order chi connectivity index (χ1) is 15.2. The highest BCUT2D eigenvalue weighted by Gasteiger charge is 2.32. The molecule has 2 atom stereocenters. The molecule has 0 aliphatic carbocycles. The second kappa shape index (κ2) is 10.7. The van der Waals surface area contributed by atoms with Crippen molar-refractivity contribution in [3.63, 3.8) is 0 Å². The number of sulfonamides is 1. The number of carbonyl (C=O) groups excluding carboxylic acids is 1. The predicted octanol–water partition coefficient (Wildman–Crippen LogP) is 3.68. The summed E-state index contributed by atoms with van der Waals surface area (Å²) in [5.41, 5.74) is 0.332. The fraction of sp³-hybridized carbons (Fsp3) is 0.435. The second-order valence-corrected chi connectivity index (χ2v) is 10.4. The molecule has 174 valence electrons. The molecule has 0 spiro atoms. The molecule has 2 aromatic carbocycles. The first-order valence-corrected chi connectivity index (χ1v) is 12.4. The highest BCUT2D eigenvalue weighted by molar-refractivity contribution is 7.89. The smallest absolute Gasteiger partial charge is 0.253 e. The molecule has 32 heavy (non-hydrogen) atoms. The van der Waals surface area contributed by atoms with Gasteiger partial charge in [-0.25, -0.2) is 8.42 Å². The number of morpholine rings is 1. The van der Waals surface area contributed by atoms with Gasteiger partial charge in [0.2, 0.25) is 10.0 Å². The van der Waals surface area contributed by atoms with Gasteiger partial charge in [0.25, 0.3) is 5.91 Å². The molecule has 7 nitrogen and oxygen atoms in total. The number of benzene rings is 2. The minimum absolute atomic E-state index is 0.113. The Morgan fingerprint density at radius 2 is 1.84 bits per heavy atom. The number of carbonyl (C=O) groups is 1. The van der Waals surface area contributed by atoms with Gasteiger partial charge in [0, 0.05) is 37.3 Å². The summed E-state index contributed by atoms with van der Waals surface area (Å²) in [6.07, 6.45) is 0.258. The molecule has 0 saturated carbocycles. The monoisotopic (exact) mass is 480 g/mol. The first kappa shape index (κ1) is 24.5. The molecule has 1 saturated heterocycles. The summed E-state index contributed by atoms with van der Waals surface area (Å²) in [7, 11) is -2.02. The molecule has 1 aliphatic rings. The van der Waals surface area contributed by atoms with Gasteiger partial charge < -0.3 is 14.4 Å². The molecule has 1 amide bonds. The minimum Gasteiger partial charge on any atom is -0.493 e. The third-order valence-electron chi connectivity index (χ3n) is 5.15. The van der Waals surface area contributed by atoms with E-state index in [4.69, 9.17) is 21.1 Å². The number of hydrogen-bond donors (Lipinski definition) is 0. The molecule has 0 N–H and O–H groups in total. The zero-order chi connectivity index (χ0) is 23.3. The Bertz CT molecular complexity index is 1040. The van der Waals surface area contributed by atoms with Crippen LogP contribution in [0.25, 0.3) is 0 Å². The van der Waals surface area contributed by atoms with Crippen molar-refractivity contribution in [1.29, 1.82) is 0 Å². The number of nitrogens with zero attached hydrogens (tertiary/aromatic N) is 2. The normalized spacial score (nSPS) is 19.5. The van der Waals surface area contributed by atoms with Gasteiger partial charge in [-0.2, -0.15) is 4.31 Å². The Kier molecular flexibility index (Phi) is 8.16. The van der Waals surface area contributed by atoms with Crippen LogP contribution in [0.15, 0.2) is 53.4 Å². The van der Waals surface area contributed by atoms with Gasteiger partial charge in [0.15, 0.2) is 0 Å². The lowest BCUT2D eigenvalue weighted by Gasteiger charge is -2.34. The molecule has 0 radical (unpaired) electrons. The van der Waals surface area contributed by atoms with Crippen molar-refractivity contribution < 1.29 is 22.7 Å². The fourth-order valence-corrected chi connectivity index (χ4v) is 5.45. The van der Waals surface area contributed by atoms with Crippen molar-refractivity contribution >= 4 is 27.5 Å². The molecular formula is C23H29ClN2O5S. The molecular weight excluding hydrogens is 452 g/mol. The maximum atomic E-state index is 13.1. The van der Waals surface area contributed by atoms with Gasteiger partial charge in [-0.15, -0.1) is 0 Å². The van der Waals surface area contributed by atoms with E-state index in [9.17, 15) is 13.2 Å². The van der Waals surface area contributed by atoms with Crippen molar-refractivity contribution in [2.24, 2.45) is 0 Å². The van der Waals surface area contributed by atoms with Crippen molar-refractivity contribution in [3.05, 3.63) is 59.1 Å². The Labute approximate surface area is 194 Å². The van der Waals surface area contributed by atoms with Gasteiger partial charge in [0.05, 0.1) is 23.7 Å². The van der Waals surface area contributed by atoms with Gasteiger partial charge in [0.1, 0.15) is 5.75 Å². The number of rotatable bonds is 8. The zero-order valence-corrected chi connectivity index (χ0v) is 20.1. The van der Waals surface area contributed by atoms with Crippen LogP contribution in [0.3, 0.4) is 0 Å². The van der Waals surface area contributed by atoms with E-state index in [1.165, 1.54) is 16.4 Å². The molecule has 1 fully saturated rings. The third kappa shape index (κ3) is 6.22. The van der Waals surface area contributed by atoms with E-state index in [1.807, 2.05) is 26.0 Å². The third-order valence-corrected chi connectivity index (χ3v) is 7.22. The molecule has 2 unspecified atom stereocenters. The molecule has 3 rings (SSSR count). The van der Waals surface area contributed by atoms with E-state index in [2.05, 4.69) is 0 Å². The summed E-state index contributed by atoms with van der Waals surface area (Å²) in [5.74, 6) is 0.435. The molecule has 1 heterocycles. The summed E-state index contributed by atoms with van der Waals surface area (Å²) >= 11 is 5.94. The number of halogens is 1. The van der Waals surface area contributed by atoms with E-state index in [1.54, 1.807) is 36.2 Å². The van der Waals surface area contributed by atoms with Crippen LogP contribution in [0.5, 0.6) is 5.75 Å². The number of ether oxygens (including phenoxy) is 2. The minimum atomic E-state index is -3.71. The Balaban J connectivity index is 1.60. The average molecular weight is 481 g/mol. The van der Waals surface area contributed by atoms with Crippen molar-refractivity contribution in [1.82, 2.24) is 9.21 Å². The Morgan fingerprint density at radius 1 is 1.16 bits per heavy atom. The molecule has 9 heteroatoms. The van der Waals surface area contributed by atoms with Gasteiger partial charge >= 0.3 is 0 Å². The average Bonchev–Trinajstić information content (AvgIpc) is 2.75. The van der Waals surface area contributed by atoms with Crippen molar-refractivity contribution in [2.75, 3.05) is 33.3 Å². The standard InChI is InChI=1S/C23H29ClN2O5S/c1-17-15-26(16-18(2)31-17)32(28,29)22-10-4-7-19(13-22)23(27)25(3)11-6-12-30-21-9-5-8-20(24)14-21/h4-5,7-10,13-14,17-18H,6,11-12,15-16H2,1-3H3. The van der Waals surface area contributed by atoms with E-state index < -0.39 is 10.0 Å². The van der Waals surface area contributed by atoms with Gasteiger partial charge in [-0.3, -0.25) is 4.79 Å². The number of amides is 1. The SMILES string of the molecule is CC1CN(S(=O)(=O)c2cccc(C(=O)N(C)CCCOc3cccc(Cl)c3)c2)CC(C)O1. The van der Waals surface area contributed by atoms with Crippen LogP contribution in [0.4, 0.5) is 0 Å². The quantitative estimate of drug-likeness (QED) is 0.539. The van der Waals surface area contributed by atoms with Gasteiger partial charge in [-0.1, -0.05) is 23.7 Å². The summed E-state index contributed by atoms with van der Waals surface area (Å²) < 4.78 is 38.9. The van der Waals surface area contributed by atoms with Crippen LogP contribution >= 0.6 is 11.6 Å². The summed E-state index contributed by atoms with van der Waals surface area (Å²) in [6, 6.07) is 13.3. The predicted molar refractivity (Wildman–Crippen MR) is 124 cm³/mol. The van der Waals surface area contributed by atoms with Crippen LogP contribution in [-0.2, 0) is 14.8 Å². The topological polar surface area (TPSA) is 76.2 Å². The molecule has 0 bridgehead atoms. The Hall–Kier alpha value is -2.13. The van der Waals surface area contributed by atoms with Crippen molar-refractivity contribution in [3.8, 4) is 5.75 Å². The highest BCUT2D eigenvalue weighted by atomic mass is 35.5. The summed E-state index contributed by atoms with van der Waals surface area (Å²) in [4.78, 5) is 14.5. The second-order valence-electron chi connectivity index (χ2n) is 7.99. The lowest BCUT2D eigenvalue weighted by molar-refractivity contribution is -0.0440. The summed E-state index contributed by atoms with van der Waals surface area (Å²) in [6.45, 7) is 5.18. The maximum absolute atomic E-state index is 13.1. The van der Waals surface area contributed by atoms with E-state index in [0.29, 0.717) is 35.9 Å². The van der Waals surface area contributed by atoms with Crippen LogP contribution in [0.1, 0.15) is 30.6 Å². The maximum Gasteiger partial charge on any atom is 0.253 e. The molecule has 0 aromatic heterocycles. The van der Waals surface area contributed by atoms with Crippen molar-refractivity contribution in [2.45, 2.75) is 37.4 Å². The largest absolute Gasteiger partial charge is 0.493 e.